The molecule has 178 valence electrons. The highest BCUT2D eigenvalue weighted by Crippen LogP contribution is 2.26. The van der Waals surface area contributed by atoms with Crippen molar-refractivity contribution in [2.75, 3.05) is 11.9 Å². The zero-order valence-electron chi connectivity index (χ0n) is 18.6. The number of pyridine rings is 1. The maximum atomic E-state index is 13.0. The number of halogens is 2. The summed E-state index contributed by atoms with van der Waals surface area (Å²) in [5.41, 5.74) is 3.64. The number of benzene rings is 1. The number of hydrogen-bond donors (Lipinski definition) is 3. The lowest BCUT2D eigenvalue weighted by Crippen LogP contribution is -2.30. The number of aryl methyl sites for hydroxylation is 4. The highest BCUT2D eigenvalue weighted by atomic mass is 35.5. The summed E-state index contributed by atoms with van der Waals surface area (Å²) in [6.45, 7) is 3.24. The molecule has 2 aromatic heterocycles. The van der Waals surface area contributed by atoms with Gasteiger partial charge in [-0.25, -0.2) is 4.98 Å². The number of carboxylic acid groups (broad SMARTS) is 1. The molecule has 0 saturated carbocycles. The van der Waals surface area contributed by atoms with Crippen LogP contribution < -0.4 is 10.6 Å². The number of aliphatic carboxylic acids is 1. The van der Waals surface area contributed by atoms with Crippen LogP contribution in [0.3, 0.4) is 0 Å². The molecule has 0 fully saturated rings. The van der Waals surface area contributed by atoms with Crippen molar-refractivity contribution in [3.05, 3.63) is 74.7 Å². The summed E-state index contributed by atoms with van der Waals surface area (Å²) in [4.78, 5) is 29.1. The minimum atomic E-state index is -1.05. The Bertz CT molecular complexity index is 1210. The summed E-state index contributed by atoms with van der Waals surface area (Å²) in [5, 5.41) is 20.6. The van der Waals surface area contributed by atoms with Gasteiger partial charge in [-0.2, -0.15) is 5.10 Å². The van der Waals surface area contributed by atoms with Crippen molar-refractivity contribution < 1.29 is 14.7 Å². The second kappa shape index (κ2) is 10.4. The van der Waals surface area contributed by atoms with Gasteiger partial charge in [0.1, 0.15) is 5.82 Å². The third kappa shape index (κ3) is 5.87. The van der Waals surface area contributed by atoms with Crippen LogP contribution in [0.2, 0.25) is 10.0 Å². The zero-order chi connectivity index (χ0) is 24.2. The van der Waals surface area contributed by atoms with Gasteiger partial charge in [0.15, 0.2) is 0 Å². The van der Waals surface area contributed by atoms with Crippen LogP contribution >= 0.6 is 23.2 Å². The van der Waals surface area contributed by atoms with Crippen molar-refractivity contribution in [3.63, 3.8) is 0 Å². The van der Waals surface area contributed by atoms with Gasteiger partial charge in [0.05, 0.1) is 23.7 Å². The Morgan fingerprint density at radius 2 is 2.00 bits per heavy atom. The van der Waals surface area contributed by atoms with E-state index < -0.39 is 17.9 Å². The highest BCUT2D eigenvalue weighted by molar-refractivity contribution is 6.34. The molecule has 0 radical (unpaired) electrons. The number of carbonyl (C=O) groups excluding carboxylic acids is 1. The predicted molar refractivity (Wildman–Crippen MR) is 131 cm³/mol. The first-order valence-electron chi connectivity index (χ1n) is 11.0. The Hall–Kier alpha value is -3.10. The van der Waals surface area contributed by atoms with Crippen LogP contribution in [0.25, 0.3) is 0 Å². The second-order valence-corrected chi connectivity index (χ2v) is 9.18. The fraction of sp³-hybridized carbons (Fsp3) is 0.333. The molecule has 1 aliphatic rings. The molecule has 3 aromatic rings. The summed E-state index contributed by atoms with van der Waals surface area (Å²) >= 11 is 12.1. The van der Waals surface area contributed by atoms with Crippen LogP contribution in [0.15, 0.2) is 36.5 Å². The summed E-state index contributed by atoms with van der Waals surface area (Å²) in [6, 6.07) is 8.09. The molecular weight excluding hydrogens is 477 g/mol. The molecule has 8 nitrogen and oxygen atoms in total. The molecule has 1 amide bonds. The monoisotopic (exact) mass is 501 g/mol. The van der Waals surface area contributed by atoms with E-state index >= 15 is 0 Å². The van der Waals surface area contributed by atoms with Gasteiger partial charge in [-0.05, 0) is 55.2 Å². The average Bonchev–Trinajstić information content (AvgIpc) is 3.16. The largest absolute Gasteiger partial charge is 0.481 e. The molecule has 1 unspecified atom stereocenters. The minimum absolute atomic E-state index is 0.312. The lowest BCUT2D eigenvalue weighted by atomic mass is 10.0. The predicted octanol–water partition coefficient (Wildman–Crippen LogP) is 4.44. The van der Waals surface area contributed by atoms with Crippen molar-refractivity contribution in [2.45, 2.75) is 45.2 Å². The smallest absolute Gasteiger partial charge is 0.305 e. The molecule has 0 spiro atoms. The van der Waals surface area contributed by atoms with Crippen molar-refractivity contribution in [3.8, 4) is 0 Å². The van der Waals surface area contributed by atoms with Crippen LogP contribution in [0, 0.1) is 6.92 Å². The van der Waals surface area contributed by atoms with Crippen LogP contribution in [0.1, 0.15) is 51.8 Å². The van der Waals surface area contributed by atoms with Gasteiger partial charge in [0.25, 0.3) is 5.91 Å². The Morgan fingerprint density at radius 1 is 1.24 bits per heavy atom. The third-order valence-corrected chi connectivity index (χ3v) is 6.15. The molecule has 1 aliphatic heterocycles. The molecule has 4 rings (SSSR count). The highest BCUT2D eigenvalue weighted by Gasteiger charge is 2.22. The van der Waals surface area contributed by atoms with Crippen LogP contribution in [-0.2, 0) is 24.2 Å². The lowest BCUT2D eigenvalue weighted by molar-refractivity contribution is -0.137. The standard InChI is InChI=1S/C24H25Cl2N5O3/c1-14-20(24(34)29-21(12-22(32)33)16-9-17(25)11-18(26)10-16)13-31(30-14)8-6-19-5-4-15-3-2-7-27-23(15)28-19/h4-5,9-11,13,21H,2-3,6-8,12H2,1H3,(H,27,28)(H,29,34)(H,32,33). The maximum absolute atomic E-state index is 13.0. The number of anilines is 1. The fourth-order valence-electron chi connectivity index (χ4n) is 4.03. The molecule has 1 atom stereocenters. The van der Waals surface area contributed by atoms with Crippen molar-refractivity contribution in [2.24, 2.45) is 0 Å². The number of carboxylic acids is 1. The number of fused-ring (bicyclic) bond motifs is 1. The molecule has 0 bridgehead atoms. The Labute approximate surface area is 207 Å². The first kappa shape index (κ1) is 24.0. The molecular formula is C24H25Cl2N5O3. The van der Waals surface area contributed by atoms with E-state index in [2.05, 4.69) is 21.8 Å². The van der Waals surface area contributed by atoms with Crippen molar-refractivity contribution in [1.29, 1.82) is 0 Å². The number of hydrogen-bond acceptors (Lipinski definition) is 5. The third-order valence-electron chi connectivity index (χ3n) is 5.71. The van der Waals surface area contributed by atoms with E-state index in [9.17, 15) is 14.7 Å². The molecule has 3 N–H and O–H groups in total. The molecule has 10 heteroatoms. The normalized spacial score (nSPS) is 13.6. The maximum Gasteiger partial charge on any atom is 0.305 e. The number of carbonyl (C=O) groups is 2. The van der Waals surface area contributed by atoms with Gasteiger partial charge in [0.2, 0.25) is 0 Å². The molecule has 0 aliphatic carbocycles. The summed E-state index contributed by atoms with van der Waals surface area (Å²) < 4.78 is 1.71. The quantitative estimate of drug-likeness (QED) is 0.420. The van der Waals surface area contributed by atoms with E-state index in [-0.39, 0.29) is 6.42 Å². The van der Waals surface area contributed by atoms with Gasteiger partial charge in [-0.1, -0.05) is 29.3 Å². The molecule has 3 heterocycles. The van der Waals surface area contributed by atoms with Crippen molar-refractivity contribution >= 4 is 40.9 Å². The van der Waals surface area contributed by atoms with Crippen LogP contribution in [0.5, 0.6) is 0 Å². The first-order chi connectivity index (χ1) is 16.3. The number of amides is 1. The van der Waals surface area contributed by atoms with Crippen LogP contribution in [-0.4, -0.2) is 38.3 Å². The Kier molecular flexibility index (Phi) is 7.38. The number of aromatic nitrogens is 3. The van der Waals surface area contributed by atoms with Gasteiger partial charge in [-0.15, -0.1) is 0 Å². The lowest BCUT2D eigenvalue weighted by Gasteiger charge is -2.18. The van der Waals surface area contributed by atoms with E-state index in [1.54, 1.807) is 36.0 Å². The van der Waals surface area contributed by atoms with Crippen LogP contribution in [0.4, 0.5) is 5.82 Å². The average molecular weight is 502 g/mol. The SMILES string of the molecule is Cc1nn(CCc2ccc3c(n2)NCCC3)cc1C(=O)NC(CC(=O)O)c1cc(Cl)cc(Cl)c1. The summed E-state index contributed by atoms with van der Waals surface area (Å²) in [7, 11) is 0. The van der Waals surface area contributed by atoms with E-state index in [0.717, 1.165) is 30.9 Å². The van der Waals surface area contributed by atoms with Gasteiger partial charge >= 0.3 is 5.97 Å². The molecule has 0 saturated heterocycles. The van der Waals surface area contributed by atoms with E-state index in [4.69, 9.17) is 28.2 Å². The zero-order valence-corrected chi connectivity index (χ0v) is 20.2. The van der Waals surface area contributed by atoms with Gasteiger partial charge in [-0.3, -0.25) is 14.3 Å². The van der Waals surface area contributed by atoms with E-state index in [1.807, 2.05) is 6.07 Å². The Balaban J connectivity index is 1.46. The fourth-order valence-corrected chi connectivity index (χ4v) is 4.57. The number of rotatable bonds is 8. The topological polar surface area (TPSA) is 109 Å². The summed E-state index contributed by atoms with van der Waals surface area (Å²) in [6.07, 6.45) is 4.18. The van der Waals surface area contributed by atoms with Gasteiger partial charge in [0, 0.05) is 41.4 Å². The first-order valence-corrected chi connectivity index (χ1v) is 11.8. The number of nitrogens with zero attached hydrogens (tertiary/aromatic N) is 3. The number of nitrogens with one attached hydrogen (secondary N) is 2. The Morgan fingerprint density at radius 3 is 2.74 bits per heavy atom. The second-order valence-electron chi connectivity index (χ2n) is 8.31. The molecule has 1 aromatic carbocycles. The van der Waals surface area contributed by atoms with E-state index in [0.29, 0.717) is 39.8 Å². The minimum Gasteiger partial charge on any atom is -0.481 e. The van der Waals surface area contributed by atoms with Crippen molar-refractivity contribution in [1.82, 2.24) is 20.1 Å². The van der Waals surface area contributed by atoms with E-state index in [1.165, 1.54) is 5.56 Å². The molecule has 34 heavy (non-hydrogen) atoms. The summed E-state index contributed by atoms with van der Waals surface area (Å²) in [5.74, 6) is -0.519. The van der Waals surface area contributed by atoms with Gasteiger partial charge < -0.3 is 15.7 Å².